The molecular weight excluding hydrogens is 150 g/mol. The highest BCUT2D eigenvalue weighted by molar-refractivity contribution is 5.07. The van der Waals surface area contributed by atoms with Gasteiger partial charge in [0.1, 0.15) is 0 Å². The molecule has 0 aromatic carbocycles. The molecule has 3 N–H and O–H groups in total. The molecule has 1 heterocycles. The summed E-state index contributed by atoms with van der Waals surface area (Å²) < 4.78 is 0. The summed E-state index contributed by atoms with van der Waals surface area (Å²) in [4.78, 5) is 0. The van der Waals surface area contributed by atoms with Crippen molar-refractivity contribution in [3.63, 3.8) is 0 Å². The van der Waals surface area contributed by atoms with Gasteiger partial charge in [0, 0.05) is 19.0 Å². The third-order valence-electron chi connectivity index (χ3n) is 3.12. The van der Waals surface area contributed by atoms with Gasteiger partial charge in [-0.2, -0.15) is 0 Å². The first-order valence-corrected chi connectivity index (χ1v) is 4.59. The number of hydrogen-bond donors (Lipinski definition) is 2. The highest BCUT2D eigenvalue weighted by Crippen LogP contribution is 2.34. The van der Waals surface area contributed by atoms with E-state index >= 15 is 0 Å². The lowest BCUT2D eigenvalue weighted by molar-refractivity contribution is 0.196. The maximum Gasteiger partial charge on any atom is 0.0728 e. The summed E-state index contributed by atoms with van der Waals surface area (Å²) in [5.41, 5.74) is 10.6. The van der Waals surface area contributed by atoms with E-state index in [2.05, 4.69) is 24.1 Å². The quantitative estimate of drug-likeness (QED) is 0.515. The summed E-state index contributed by atoms with van der Waals surface area (Å²) in [7, 11) is 2.08. The molecule has 0 spiro atoms. The zero-order chi connectivity index (χ0) is 8.72. The second-order valence-electron chi connectivity index (χ2n) is 3.99. The largest absolute Gasteiger partial charge is 0.315 e. The van der Waals surface area contributed by atoms with Crippen molar-refractivity contribution in [2.45, 2.75) is 31.5 Å². The van der Waals surface area contributed by atoms with Crippen molar-refractivity contribution in [1.29, 1.82) is 0 Å². The summed E-state index contributed by atoms with van der Waals surface area (Å²) in [5.74, 6) is 0.580. The molecule has 1 aliphatic heterocycles. The maximum absolute atomic E-state index is 5.95. The van der Waals surface area contributed by atoms with Gasteiger partial charge in [0.05, 0.1) is 6.17 Å². The number of hydrogen-bond acceptors (Lipinski definition) is 3. The van der Waals surface area contributed by atoms with Gasteiger partial charge in [0.15, 0.2) is 0 Å². The van der Waals surface area contributed by atoms with Gasteiger partial charge in [-0.15, -0.1) is 0 Å². The predicted octanol–water partition coefficient (Wildman–Crippen LogP) is 0.446. The minimum atomic E-state index is 0.136. The van der Waals surface area contributed by atoms with Gasteiger partial charge < -0.3 is 5.73 Å². The average Bonchev–Trinajstić information content (AvgIpc) is 2.28. The Morgan fingerprint density at radius 1 is 1.67 bits per heavy atom. The molecule has 12 heavy (non-hydrogen) atoms. The van der Waals surface area contributed by atoms with Crippen molar-refractivity contribution in [2.75, 3.05) is 7.05 Å². The molecule has 0 aromatic rings. The van der Waals surface area contributed by atoms with Crippen molar-refractivity contribution < 1.29 is 0 Å². The van der Waals surface area contributed by atoms with Crippen molar-refractivity contribution >= 4 is 0 Å². The van der Waals surface area contributed by atoms with E-state index in [1.165, 1.54) is 18.4 Å². The second-order valence-corrected chi connectivity index (χ2v) is 3.99. The molecule has 0 aromatic heterocycles. The Labute approximate surface area is 73.6 Å². The highest BCUT2D eigenvalue weighted by Gasteiger charge is 2.39. The van der Waals surface area contributed by atoms with Crippen LogP contribution in [0.4, 0.5) is 0 Å². The van der Waals surface area contributed by atoms with Crippen LogP contribution in [0.1, 0.15) is 19.3 Å². The van der Waals surface area contributed by atoms with Crippen LogP contribution in [-0.2, 0) is 0 Å². The molecule has 1 saturated heterocycles. The fraction of sp³-hybridized carbons (Fsp3) is 0.778. The standard InChI is InChI=1S/C9H17N3/c1-6-3-4-8-7(5-6)9(10)11-12(8)2/h7-9,11H,1,3-5,10H2,2H3. The fourth-order valence-electron chi connectivity index (χ4n) is 2.41. The number of allylic oxidation sites excluding steroid dienone is 1. The first-order valence-electron chi connectivity index (χ1n) is 4.59. The van der Waals surface area contributed by atoms with Crippen molar-refractivity contribution in [3.8, 4) is 0 Å². The molecule has 3 atom stereocenters. The van der Waals surface area contributed by atoms with Crippen LogP contribution in [0.25, 0.3) is 0 Å². The topological polar surface area (TPSA) is 41.3 Å². The van der Waals surface area contributed by atoms with E-state index in [-0.39, 0.29) is 6.17 Å². The van der Waals surface area contributed by atoms with Crippen LogP contribution in [-0.4, -0.2) is 24.3 Å². The summed E-state index contributed by atoms with van der Waals surface area (Å²) >= 11 is 0. The maximum atomic E-state index is 5.95. The SMILES string of the molecule is C=C1CCC2C(C1)C(N)NN2C. The fourth-order valence-corrected chi connectivity index (χ4v) is 2.41. The third-order valence-corrected chi connectivity index (χ3v) is 3.12. The van der Waals surface area contributed by atoms with Gasteiger partial charge in [-0.3, -0.25) is 0 Å². The Kier molecular flexibility index (Phi) is 1.94. The second kappa shape index (κ2) is 2.83. The van der Waals surface area contributed by atoms with Crippen LogP contribution >= 0.6 is 0 Å². The smallest absolute Gasteiger partial charge is 0.0728 e. The summed E-state index contributed by atoms with van der Waals surface area (Å²) in [6.07, 6.45) is 3.61. The van der Waals surface area contributed by atoms with E-state index in [1.807, 2.05) is 0 Å². The van der Waals surface area contributed by atoms with E-state index in [9.17, 15) is 0 Å². The number of fused-ring (bicyclic) bond motifs is 1. The van der Waals surface area contributed by atoms with Crippen LogP contribution in [0.3, 0.4) is 0 Å². The number of hydrazine groups is 1. The Balaban J connectivity index is 2.11. The van der Waals surface area contributed by atoms with E-state index < -0.39 is 0 Å². The normalized spacial score (nSPS) is 43.2. The Morgan fingerprint density at radius 3 is 3.17 bits per heavy atom. The molecule has 2 aliphatic rings. The lowest BCUT2D eigenvalue weighted by atomic mass is 9.82. The van der Waals surface area contributed by atoms with Gasteiger partial charge in [0.2, 0.25) is 0 Å². The average molecular weight is 167 g/mol. The Hall–Kier alpha value is -0.380. The molecule has 1 aliphatic carbocycles. The first-order chi connectivity index (χ1) is 5.68. The molecule has 3 nitrogen and oxygen atoms in total. The molecule has 0 bridgehead atoms. The zero-order valence-electron chi connectivity index (χ0n) is 7.59. The van der Waals surface area contributed by atoms with Crippen molar-refractivity contribution in [3.05, 3.63) is 12.2 Å². The summed E-state index contributed by atoms with van der Waals surface area (Å²) in [6, 6.07) is 0.630. The lowest BCUT2D eigenvalue weighted by Crippen LogP contribution is -2.40. The van der Waals surface area contributed by atoms with Crippen LogP contribution in [0.5, 0.6) is 0 Å². The number of rotatable bonds is 0. The number of nitrogens with zero attached hydrogens (tertiary/aromatic N) is 1. The summed E-state index contributed by atoms with van der Waals surface area (Å²) in [5, 5.41) is 2.17. The van der Waals surface area contributed by atoms with Crippen LogP contribution in [0.2, 0.25) is 0 Å². The zero-order valence-corrected chi connectivity index (χ0v) is 7.59. The van der Waals surface area contributed by atoms with E-state index in [4.69, 9.17) is 5.73 Å². The molecule has 2 fully saturated rings. The van der Waals surface area contributed by atoms with E-state index in [0.717, 1.165) is 6.42 Å². The lowest BCUT2D eigenvalue weighted by Gasteiger charge is -2.29. The van der Waals surface area contributed by atoms with Crippen molar-refractivity contribution in [2.24, 2.45) is 11.7 Å². The van der Waals surface area contributed by atoms with Gasteiger partial charge >= 0.3 is 0 Å². The molecule has 0 radical (unpaired) electrons. The van der Waals surface area contributed by atoms with Gasteiger partial charge in [-0.1, -0.05) is 12.2 Å². The van der Waals surface area contributed by atoms with Gasteiger partial charge in [-0.25, -0.2) is 10.4 Å². The van der Waals surface area contributed by atoms with Crippen LogP contribution in [0.15, 0.2) is 12.2 Å². The molecule has 2 rings (SSSR count). The molecule has 68 valence electrons. The molecule has 1 saturated carbocycles. The van der Waals surface area contributed by atoms with Gasteiger partial charge in [0.25, 0.3) is 0 Å². The third kappa shape index (κ3) is 1.18. The molecule has 0 amide bonds. The van der Waals surface area contributed by atoms with E-state index in [0.29, 0.717) is 12.0 Å². The van der Waals surface area contributed by atoms with Crippen LogP contribution in [0, 0.1) is 5.92 Å². The molecule has 3 unspecified atom stereocenters. The van der Waals surface area contributed by atoms with E-state index in [1.54, 1.807) is 0 Å². The summed E-state index contributed by atoms with van der Waals surface area (Å²) in [6.45, 7) is 4.03. The first kappa shape index (κ1) is 8.23. The minimum absolute atomic E-state index is 0.136. The highest BCUT2D eigenvalue weighted by atomic mass is 15.6. The number of nitrogens with two attached hydrogens (primary N) is 1. The predicted molar refractivity (Wildman–Crippen MR) is 49.1 cm³/mol. The minimum Gasteiger partial charge on any atom is -0.315 e. The molecular formula is C9H17N3. The van der Waals surface area contributed by atoms with Crippen molar-refractivity contribution in [1.82, 2.24) is 10.4 Å². The monoisotopic (exact) mass is 167 g/mol. The molecule has 3 heteroatoms. The van der Waals surface area contributed by atoms with Gasteiger partial charge in [-0.05, 0) is 19.3 Å². The van der Waals surface area contributed by atoms with Crippen LogP contribution < -0.4 is 11.2 Å². The number of nitrogens with one attached hydrogen (secondary N) is 1. The Bertz CT molecular complexity index is 202. The Morgan fingerprint density at radius 2 is 2.42 bits per heavy atom.